The number of pyridine rings is 1. The summed E-state index contributed by atoms with van der Waals surface area (Å²) < 4.78 is 13.0. The molecule has 0 saturated carbocycles. The van der Waals surface area contributed by atoms with Gasteiger partial charge >= 0.3 is 0 Å². The van der Waals surface area contributed by atoms with Gasteiger partial charge in [0.1, 0.15) is 0 Å². The van der Waals surface area contributed by atoms with Gasteiger partial charge in [-0.1, -0.05) is 30.3 Å². The third-order valence-corrected chi connectivity index (χ3v) is 6.51. The molecule has 2 aromatic carbocycles. The molecule has 1 aliphatic heterocycles. The number of halogens is 1. The van der Waals surface area contributed by atoms with Crippen molar-refractivity contribution in [2.24, 2.45) is 7.05 Å². The van der Waals surface area contributed by atoms with Crippen LogP contribution in [0.3, 0.4) is 0 Å². The van der Waals surface area contributed by atoms with Crippen LogP contribution in [0.1, 0.15) is 16.7 Å². The molecule has 35 heavy (non-hydrogen) atoms. The fraction of sp³-hybridized carbons (Fsp3) is 0.214. The number of nitrogens with zero attached hydrogens (tertiary/aromatic N) is 3. The van der Waals surface area contributed by atoms with Crippen LogP contribution >= 0.6 is 12.4 Å². The van der Waals surface area contributed by atoms with Gasteiger partial charge in [0.2, 0.25) is 5.91 Å². The Bertz CT molecular complexity index is 1400. The molecule has 6 nitrogen and oxygen atoms in total. The molecular weight excluding hydrogens is 462 g/mol. The molecular formula is C28H28ClN3O3. The van der Waals surface area contributed by atoms with Crippen LogP contribution in [0.4, 0.5) is 0 Å². The summed E-state index contributed by atoms with van der Waals surface area (Å²) in [6, 6.07) is 16.2. The summed E-state index contributed by atoms with van der Waals surface area (Å²) in [6.45, 7) is 1.21. The first-order valence-corrected chi connectivity index (χ1v) is 11.3. The third-order valence-electron chi connectivity index (χ3n) is 6.51. The minimum Gasteiger partial charge on any atom is -0.493 e. The summed E-state index contributed by atoms with van der Waals surface area (Å²) in [5.41, 5.74) is 6.49. The molecule has 2 aromatic heterocycles. The number of methoxy groups -OCH3 is 2. The van der Waals surface area contributed by atoms with E-state index in [1.54, 1.807) is 26.5 Å². The van der Waals surface area contributed by atoms with Gasteiger partial charge in [0, 0.05) is 43.4 Å². The Morgan fingerprint density at radius 2 is 1.74 bits per heavy atom. The molecule has 0 unspecified atom stereocenters. The second kappa shape index (κ2) is 10.2. The predicted molar refractivity (Wildman–Crippen MR) is 141 cm³/mol. The number of rotatable bonds is 5. The highest BCUT2D eigenvalue weighted by molar-refractivity contribution is 6.01. The summed E-state index contributed by atoms with van der Waals surface area (Å²) >= 11 is 0. The summed E-state index contributed by atoms with van der Waals surface area (Å²) in [5.74, 6) is 1.40. The van der Waals surface area contributed by atoms with Gasteiger partial charge in [-0.3, -0.25) is 9.78 Å². The van der Waals surface area contributed by atoms with E-state index >= 15 is 0 Å². The van der Waals surface area contributed by atoms with E-state index in [0.29, 0.717) is 18.8 Å². The van der Waals surface area contributed by atoms with E-state index in [2.05, 4.69) is 21.7 Å². The van der Waals surface area contributed by atoms with Crippen LogP contribution in [0.25, 0.3) is 28.2 Å². The monoisotopic (exact) mass is 489 g/mol. The van der Waals surface area contributed by atoms with Crippen LogP contribution in [-0.2, 0) is 24.8 Å². The van der Waals surface area contributed by atoms with Gasteiger partial charge in [-0.2, -0.15) is 0 Å². The number of amides is 1. The molecule has 4 aromatic rings. The topological polar surface area (TPSA) is 56.6 Å². The zero-order valence-electron chi connectivity index (χ0n) is 20.0. The lowest BCUT2D eigenvalue weighted by atomic mass is 9.98. The Balaban J connectivity index is 0.00000289. The number of aromatic nitrogens is 2. The first-order valence-electron chi connectivity index (χ1n) is 11.3. The van der Waals surface area contributed by atoms with Crippen molar-refractivity contribution in [3.8, 4) is 22.8 Å². The first-order chi connectivity index (χ1) is 16.6. The van der Waals surface area contributed by atoms with Gasteiger partial charge in [0.05, 0.1) is 31.6 Å². The molecule has 7 heteroatoms. The summed E-state index contributed by atoms with van der Waals surface area (Å²) in [5, 5.41) is 1.07. The van der Waals surface area contributed by atoms with E-state index < -0.39 is 0 Å². The largest absolute Gasteiger partial charge is 0.493 e. The van der Waals surface area contributed by atoms with E-state index in [1.165, 1.54) is 5.56 Å². The lowest BCUT2D eigenvalue weighted by Crippen LogP contribution is -2.34. The van der Waals surface area contributed by atoms with Crippen molar-refractivity contribution in [1.82, 2.24) is 14.5 Å². The van der Waals surface area contributed by atoms with E-state index in [9.17, 15) is 4.79 Å². The highest BCUT2D eigenvalue weighted by atomic mass is 35.5. The Labute approximate surface area is 211 Å². The smallest absolute Gasteiger partial charge is 0.246 e. The maximum absolute atomic E-state index is 13.2. The van der Waals surface area contributed by atoms with Crippen molar-refractivity contribution in [2.75, 3.05) is 20.8 Å². The Kier molecular flexibility index (Phi) is 7.12. The summed E-state index contributed by atoms with van der Waals surface area (Å²) in [4.78, 5) is 19.4. The second-order valence-corrected chi connectivity index (χ2v) is 8.40. The van der Waals surface area contributed by atoms with Gasteiger partial charge in [-0.05, 0) is 47.4 Å². The van der Waals surface area contributed by atoms with Gasteiger partial charge < -0.3 is 18.9 Å². The van der Waals surface area contributed by atoms with Crippen LogP contribution in [0.2, 0.25) is 0 Å². The normalized spacial score (nSPS) is 12.9. The first kappa shape index (κ1) is 24.4. The summed E-state index contributed by atoms with van der Waals surface area (Å²) in [6.07, 6.45) is 8.07. The van der Waals surface area contributed by atoms with Crippen molar-refractivity contribution >= 4 is 35.3 Å². The molecule has 0 N–H and O–H groups in total. The minimum atomic E-state index is -0.00879. The van der Waals surface area contributed by atoms with E-state index in [0.717, 1.165) is 45.5 Å². The second-order valence-electron chi connectivity index (χ2n) is 8.40. The molecule has 180 valence electrons. The number of carbonyl (C=O) groups is 1. The average Bonchev–Trinajstić information content (AvgIpc) is 3.18. The van der Waals surface area contributed by atoms with Gasteiger partial charge in [-0.25, -0.2) is 0 Å². The zero-order chi connectivity index (χ0) is 23.7. The molecule has 5 rings (SSSR count). The fourth-order valence-electron chi connectivity index (χ4n) is 4.76. The molecule has 1 aliphatic rings. The highest BCUT2D eigenvalue weighted by Crippen LogP contribution is 2.35. The molecule has 1 amide bonds. The number of benzene rings is 2. The van der Waals surface area contributed by atoms with Crippen molar-refractivity contribution in [3.05, 3.63) is 83.7 Å². The van der Waals surface area contributed by atoms with Crippen molar-refractivity contribution in [3.63, 3.8) is 0 Å². The van der Waals surface area contributed by atoms with E-state index in [1.807, 2.05) is 60.6 Å². The van der Waals surface area contributed by atoms with Crippen LogP contribution in [0.15, 0.2) is 67.0 Å². The minimum absolute atomic E-state index is 0. The van der Waals surface area contributed by atoms with E-state index in [-0.39, 0.29) is 18.3 Å². The SMILES string of the molecule is COc1cc2c(cc1OC)CN(C(=O)/C=C/c1c(-c3ccccc3)n(C)c3cnccc13)CC2.Cl. The van der Waals surface area contributed by atoms with Gasteiger partial charge in [0.15, 0.2) is 11.5 Å². The molecule has 0 saturated heterocycles. The molecule has 0 bridgehead atoms. The molecule has 0 radical (unpaired) electrons. The van der Waals surface area contributed by atoms with Crippen LogP contribution < -0.4 is 9.47 Å². The molecule has 0 aliphatic carbocycles. The van der Waals surface area contributed by atoms with Crippen molar-refractivity contribution < 1.29 is 14.3 Å². The van der Waals surface area contributed by atoms with Crippen molar-refractivity contribution in [2.45, 2.75) is 13.0 Å². The number of fused-ring (bicyclic) bond motifs is 2. The summed E-state index contributed by atoms with van der Waals surface area (Å²) in [7, 11) is 5.30. The molecule has 3 heterocycles. The number of ether oxygens (including phenoxy) is 2. The Morgan fingerprint density at radius 3 is 2.46 bits per heavy atom. The number of aryl methyl sites for hydroxylation is 1. The van der Waals surface area contributed by atoms with E-state index in [4.69, 9.17) is 9.47 Å². The van der Waals surface area contributed by atoms with Gasteiger partial charge in [-0.15, -0.1) is 12.4 Å². The molecule has 0 atom stereocenters. The Hall–Kier alpha value is -3.77. The predicted octanol–water partition coefficient (Wildman–Crippen LogP) is 5.28. The lowest BCUT2D eigenvalue weighted by Gasteiger charge is -2.28. The highest BCUT2D eigenvalue weighted by Gasteiger charge is 2.22. The fourth-order valence-corrected chi connectivity index (χ4v) is 4.76. The van der Waals surface area contributed by atoms with Crippen LogP contribution in [0, 0.1) is 0 Å². The quantitative estimate of drug-likeness (QED) is 0.358. The van der Waals surface area contributed by atoms with Gasteiger partial charge in [0.25, 0.3) is 0 Å². The van der Waals surface area contributed by atoms with Crippen LogP contribution in [-0.4, -0.2) is 41.1 Å². The molecule has 0 spiro atoms. The zero-order valence-corrected chi connectivity index (χ0v) is 20.8. The maximum atomic E-state index is 13.2. The van der Waals surface area contributed by atoms with Crippen LogP contribution in [0.5, 0.6) is 11.5 Å². The maximum Gasteiger partial charge on any atom is 0.246 e. The molecule has 0 fully saturated rings. The van der Waals surface area contributed by atoms with Crippen molar-refractivity contribution in [1.29, 1.82) is 0 Å². The third kappa shape index (κ3) is 4.49. The number of hydrogen-bond donors (Lipinski definition) is 0. The number of hydrogen-bond acceptors (Lipinski definition) is 4. The number of carbonyl (C=O) groups excluding carboxylic acids is 1. The lowest BCUT2D eigenvalue weighted by molar-refractivity contribution is -0.126. The standard InChI is InChI=1S/C28H27N3O3.ClH/c1-30-24-17-29-13-11-22(24)23(28(30)19-7-5-4-6-8-19)9-10-27(32)31-14-12-20-15-25(33-2)26(34-3)16-21(20)18-31;/h4-11,13,15-17H,12,14,18H2,1-3H3;1H/b10-9+;. The Morgan fingerprint density at radius 1 is 1.03 bits per heavy atom. The average molecular weight is 490 g/mol.